The Kier molecular flexibility index (Phi) is 2.17. The van der Waals surface area contributed by atoms with E-state index >= 15 is 0 Å². The van der Waals surface area contributed by atoms with Crippen molar-refractivity contribution >= 4 is 0 Å². The van der Waals surface area contributed by atoms with Gasteiger partial charge in [0.1, 0.15) is 0 Å². The predicted octanol–water partition coefficient (Wildman–Crippen LogP) is 2.39. The van der Waals surface area contributed by atoms with Crippen LogP contribution in [0, 0.1) is 24.7 Å². The van der Waals surface area contributed by atoms with Gasteiger partial charge in [-0.1, -0.05) is 11.8 Å². The highest BCUT2D eigenvalue weighted by Crippen LogP contribution is 2.40. The normalized spacial score (nSPS) is 36.4. The van der Waals surface area contributed by atoms with Gasteiger partial charge >= 0.3 is 0 Å². The minimum Gasteiger partial charge on any atom is -0.217 e. The molecule has 0 aliphatic heterocycles. The number of halogens is 4. The number of hydrogen-bond acceptors (Lipinski definition) is 0. The standard InChI is InChI=1S/C10H4F4/c1-3-9(13)5-6-10(14,4-2)8(12)7(9)11/h1-2,5-6H. The molecule has 0 aromatic carbocycles. The lowest BCUT2D eigenvalue weighted by molar-refractivity contribution is 0.230. The summed E-state index contributed by atoms with van der Waals surface area (Å²) in [5.41, 5.74) is -6.09. The fourth-order valence-corrected chi connectivity index (χ4v) is 0.918. The number of rotatable bonds is 0. The van der Waals surface area contributed by atoms with Gasteiger partial charge in [0.2, 0.25) is 11.3 Å². The molecule has 72 valence electrons. The van der Waals surface area contributed by atoms with E-state index in [4.69, 9.17) is 0 Å². The Morgan fingerprint density at radius 2 is 1.21 bits per heavy atom. The van der Waals surface area contributed by atoms with E-state index < -0.39 is 23.0 Å². The van der Waals surface area contributed by atoms with Crippen molar-refractivity contribution in [1.29, 1.82) is 0 Å². The summed E-state index contributed by atoms with van der Waals surface area (Å²) in [6.07, 6.45) is 10.0. The molecule has 0 nitrogen and oxygen atoms in total. The Morgan fingerprint density at radius 1 is 0.929 bits per heavy atom. The largest absolute Gasteiger partial charge is 0.243 e. The van der Waals surface area contributed by atoms with E-state index in [1.807, 2.05) is 0 Å². The van der Waals surface area contributed by atoms with Gasteiger partial charge in [-0.3, -0.25) is 0 Å². The lowest BCUT2D eigenvalue weighted by atomic mass is 9.90. The second-order valence-electron chi connectivity index (χ2n) is 2.67. The average molecular weight is 200 g/mol. The van der Waals surface area contributed by atoms with Crippen LogP contribution in [0.3, 0.4) is 0 Å². The molecule has 1 rings (SSSR count). The fraction of sp³-hybridized carbons (Fsp3) is 0.200. The van der Waals surface area contributed by atoms with E-state index in [1.165, 1.54) is 11.8 Å². The SMILES string of the molecule is C#CC1(F)C=CC(F)(C#C)C(F)=C1F. The molecule has 0 aromatic rings. The summed E-state index contributed by atoms with van der Waals surface area (Å²) in [6, 6.07) is 0. The minimum atomic E-state index is -3.05. The molecule has 1 aliphatic rings. The van der Waals surface area contributed by atoms with Crippen LogP contribution in [0.2, 0.25) is 0 Å². The van der Waals surface area contributed by atoms with Crippen molar-refractivity contribution in [3.63, 3.8) is 0 Å². The molecule has 0 N–H and O–H groups in total. The molecule has 0 amide bonds. The van der Waals surface area contributed by atoms with Crippen molar-refractivity contribution in [2.45, 2.75) is 11.3 Å². The van der Waals surface area contributed by atoms with Gasteiger partial charge in [-0.15, -0.1) is 12.8 Å². The number of terminal acetylenes is 2. The molecule has 0 heterocycles. The smallest absolute Gasteiger partial charge is 0.217 e. The molecule has 1 aliphatic carbocycles. The molecular formula is C10H4F4. The van der Waals surface area contributed by atoms with Crippen LogP contribution in [-0.4, -0.2) is 11.3 Å². The van der Waals surface area contributed by atoms with Crippen LogP contribution in [0.4, 0.5) is 17.6 Å². The van der Waals surface area contributed by atoms with Gasteiger partial charge in [-0.2, -0.15) is 0 Å². The van der Waals surface area contributed by atoms with Crippen LogP contribution in [0.5, 0.6) is 0 Å². The van der Waals surface area contributed by atoms with Gasteiger partial charge in [0.05, 0.1) is 0 Å². The van der Waals surface area contributed by atoms with Crippen molar-refractivity contribution in [3.8, 4) is 24.7 Å². The van der Waals surface area contributed by atoms with Crippen molar-refractivity contribution < 1.29 is 17.6 Å². The van der Waals surface area contributed by atoms with Gasteiger partial charge in [-0.05, 0) is 12.2 Å². The second kappa shape index (κ2) is 2.92. The first-order valence-electron chi connectivity index (χ1n) is 3.49. The summed E-state index contributed by atoms with van der Waals surface area (Å²) in [5.74, 6) is -1.30. The third kappa shape index (κ3) is 1.20. The lowest BCUT2D eigenvalue weighted by Gasteiger charge is -2.23. The second-order valence-corrected chi connectivity index (χ2v) is 2.67. The number of hydrogen-bond donors (Lipinski definition) is 0. The van der Waals surface area contributed by atoms with E-state index in [1.54, 1.807) is 0 Å². The zero-order valence-corrected chi connectivity index (χ0v) is 6.82. The Labute approximate surface area is 78.3 Å². The summed E-state index contributed by atoms with van der Waals surface area (Å²) in [6.45, 7) is 0. The Bertz CT molecular complexity index is 369. The third-order valence-corrected chi connectivity index (χ3v) is 1.79. The summed E-state index contributed by atoms with van der Waals surface area (Å²) >= 11 is 0. The van der Waals surface area contributed by atoms with Gasteiger partial charge in [0.15, 0.2) is 11.7 Å². The van der Waals surface area contributed by atoms with E-state index in [0.29, 0.717) is 12.2 Å². The molecule has 4 heteroatoms. The molecule has 0 bridgehead atoms. The van der Waals surface area contributed by atoms with Crippen molar-refractivity contribution in [3.05, 3.63) is 23.8 Å². The van der Waals surface area contributed by atoms with Gasteiger partial charge in [0, 0.05) is 0 Å². The maximum absolute atomic E-state index is 13.2. The molecule has 0 fully saturated rings. The van der Waals surface area contributed by atoms with E-state index in [0.717, 1.165) is 0 Å². The third-order valence-electron chi connectivity index (χ3n) is 1.79. The van der Waals surface area contributed by atoms with Gasteiger partial charge in [-0.25, -0.2) is 17.6 Å². The van der Waals surface area contributed by atoms with Crippen LogP contribution in [-0.2, 0) is 0 Å². The van der Waals surface area contributed by atoms with Crippen LogP contribution < -0.4 is 0 Å². The van der Waals surface area contributed by atoms with Crippen molar-refractivity contribution in [1.82, 2.24) is 0 Å². The summed E-state index contributed by atoms with van der Waals surface area (Å²) in [5, 5.41) is 0. The first-order valence-corrected chi connectivity index (χ1v) is 3.49. The fourth-order valence-electron chi connectivity index (χ4n) is 0.918. The maximum Gasteiger partial charge on any atom is 0.243 e. The lowest BCUT2D eigenvalue weighted by Crippen LogP contribution is -2.31. The molecule has 2 atom stereocenters. The molecule has 0 radical (unpaired) electrons. The number of alkyl halides is 2. The van der Waals surface area contributed by atoms with Gasteiger partial charge in [0.25, 0.3) is 0 Å². The maximum atomic E-state index is 13.2. The zero-order chi connectivity index (χ0) is 11.0. The molecule has 14 heavy (non-hydrogen) atoms. The molecule has 0 spiro atoms. The van der Waals surface area contributed by atoms with Crippen molar-refractivity contribution in [2.75, 3.05) is 0 Å². The predicted molar refractivity (Wildman–Crippen MR) is 43.7 cm³/mol. The molecule has 0 saturated carbocycles. The first kappa shape index (κ1) is 10.4. The molecule has 0 saturated heterocycles. The van der Waals surface area contributed by atoms with Crippen LogP contribution in [0.25, 0.3) is 0 Å². The Balaban J connectivity index is 3.35. The zero-order valence-electron chi connectivity index (χ0n) is 6.82. The first-order chi connectivity index (χ1) is 6.39. The Morgan fingerprint density at radius 3 is 1.43 bits per heavy atom. The highest BCUT2D eigenvalue weighted by Gasteiger charge is 2.46. The van der Waals surface area contributed by atoms with Crippen LogP contribution >= 0.6 is 0 Å². The topological polar surface area (TPSA) is 0 Å². The minimum absolute atomic E-state index is 0.380. The highest BCUT2D eigenvalue weighted by molar-refractivity contribution is 5.48. The molecular weight excluding hydrogens is 196 g/mol. The van der Waals surface area contributed by atoms with Crippen LogP contribution in [0.1, 0.15) is 0 Å². The summed E-state index contributed by atoms with van der Waals surface area (Å²) < 4.78 is 52.2. The van der Waals surface area contributed by atoms with Crippen molar-refractivity contribution in [2.24, 2.45) is 0 Å². The van der Waals surface area contributed by atoms with Gasteiger partial charge < -0.3 is 0 Å². The van der Waals surface area contributed by atoms with E-state index in [9.17, 15) is 17.6 Å². The molecule has 2 unspecified atom stereocenters. The summed E-state index contributed by atoms with van der Waals surface area (Å²) in [7, 11) is 0. The highest BCUT2D eigenvalue weighted by atomic mass is 19.2. The average Bonchev–Trinajstić information content (AvgIpc) is 2.21. The van der Waals surface area contributed by atoms with Crippen LogP contribution in [0.15, 0.2) is 23.8 Å². The quantitative estimate of drug-likeness (QED) is 0.320. The molecule has 0 aromatic heterocycles. The van der Waals surface area contributed by atoms with E-state index in [2.05, 4.69) is 12.8 Å². The Hall–Kier alpha value is -1.68. The monoisotopic (exact) mass is 200 g/mol. The van der Waals surface area contributed by atoms with E-state index in [-0.39, 0.29) is 0 Å². The number of allylic oxidation sites excluding steroid dienone is 4. The summed E-state index contributed by atoms with van der Waals surface area (Å²) in [4.78, 5) is 0.